The van der Waals surface area contributed by atoms with E-state index in [0.717, 1.165) is 9.99 Å². The van der Waals surface area contributed by atoms with Crippen LogP contribution in [-0.2, 0) is 4.79 Å². The van der Waals surface area contributed by atoms with Gasteiger partial charge in [0.2, 0.25) is 0 Å². The number of nitrogens with zero attached hydrogens (tertiary/aromatic N) is 1. The van der Waals surface area contributed by atoms with Gasteiger partial charge in [-0.3, -0.25) is 4.79 Å². The fourth-order valence-electron chi connectivity index (χ4n) is 2.48. The number of benzene rings is 2. The lowest BCUT2D eigenvalue weighted by molar-refractivity contribution is -0.112. The second-order valence-electron chi connectivity index (χ2n) is 5.96. The molecule has 7 heteroatoms. The average molecular weight is 506 g/mol. The number of halogens is 1. The summed E-state index contributed by atoms with van der Waals surface area (Å²) in [5.74, 6) is 1.44. The Kier molecular flexibility index (Phi) is 8.80. The molecule has 0 aliphatic heterocycles. The highest BCUT2D eigenvalue weighted by Gasteiger charge is 2.14. The Bertz CT molecular complexity index is 918. The van der Waals surface area contributed by atoms with Crippen LogP contribution in [0.25, 0.3) is 6.08 Å². The van der Waals surface area contributed by atoms with Gasteiger partial charge in [0.15, 0.2) is 11.5 Å². The Morgan fingerprint density at radius 3 is 2.52 bits per heavy atom. The van der Waals surface area contributed by atoms with Crippen LogP contribution in [0.5, 0.6) is 17.2 Å². The average Bonchev–Trinajstić information content (AvgIpc) is 2.72. The number of carbonyl (C=O) groups is 1. The Morgan fingerprint density at radius 2 is 1.93 bits per heavy atom. The first-order chi connectivity index (χ1) is 14.0. The molecule has 0 aliphatic rings. The van der Waals surface area contributed by atoms with Crippen molar-refractivity contribution in [2.24, 2.45) is 0 Å². The van der Waals surface area contributed by atoms with Gasteiger partial charge in [0, 0.05) is 5.69 Å². The fraction of sp³-hybridized carbons (Fsp3) is 0.273. The van der Waals surface area contributed by atoms with Crippen LogP contribution >= 0.6 is 22.6 Å². The van der Waals surface area contributed by atoms with Gasteiger partial charge in [-0.15, -0.1) is 0 Å². The molecule has 0 unspecified atom stereocenters. The highest BCUT2D eigenvalue weighted by atomic mass is 127. The van der Waals surface area contributed by atoms with Gasteiger partial charge in [-0.05, 0) is 84.0 Å². The third-order valence-corrected chi connectivity index (χ3v) is 4.60. The van der Waals surface area contributed by atoms with E-state index >= 15 is 0 Å². The highest BCUT2D eigenvalue weighted by Crippen LogP contribution is 2.34. The van der Waals surface area contributed by atoms with Crippen LogP contribution in [0.4, 0.5) is 5.69 Å². The number of ether oxygens (including phenoxy) is 3. The molecular weight excluding hydrogens is 483 g/mol. The molecule has 0 bridgehead atoms. The normalized spacial score (nSPS) is 10.8. The van der Waals surface area contributed by atoms with Crippen molar-refractivity contribution in [1.82, 2.24) is 0 Å². The smallest absolute Gasteiger partial charge is 0.266 e. The topological polar surface area (TPSA) is 80.6 Å². The molecule has 0 radical (unpaired) electrons. The van der Waals surface area contributed by atoms with Gasteiger partial charge >= 0.3 is 0 Å². The summed E-state index contributed by atoms with van der Waals surface area (Å²) in [4.78, 5) is 12.5. The first-order valence-electron chi connectivity index (χ1n) is 9.18. The summed E-state index contributed by atoms with van der Waals surface area (Å²) in [6, 6.07) is 12.5. The maximum atomic E-state index is 12.5. The SMILES string of the molecule is CCCOc1c(I)cc(/C=C(/C#N)C(=O)Nc2ccc(OCC)cc2)cc1OC. The van der Waals surface area contributed by atoms with Gasteiger partial charge in [0.25, 0.3) is 5.91 Å². The zero-order valence-corrected chi connectivity index (χ0v) is 18.8. The molecule has 2 aromatic carbocycles. The first-order valence-corrected chi connectivity index (χ1v) is 10.3. The summed E-state index contributed by atoms with van der Waals surface area (Å²) in [6.07, 6.45) is 2.41. The predicted octanol–water partition coefficient (Wildman–Crippen LogP) is 5.03. The maximum Gasteiger partial charge on any atom is 0.266 e. The number of hydrogen-bond donors (Lipinski definition) is 1. The van der Waals surface area contributed by atoms with E-state index in [0.29, 0.717) is 41.7 Å². The number of methoxy groups -OCH3 is 1. The molecular formula is C22H23IN2O4. The molecule has 6 nitrogen and oxygen atoms in total. The van der Waals surface area contributed by atoms with Crippen molar-refractivity contribution in [3.05, 3.63) is 51.1 Å². The lowest BCUT2D eigenvalue weighted by atomic mass is 10.1. The monoisotopic (exact) mass is 506 g/mol. The van der Waals surface area contributed by atoms with Crippen LogP contribution in [0, 0.1) is 14.9 Å². The van der Waals surface area contributed by atoms with E-state index in [1.54, 1.807) is 37.4 Å². The number of anilines is 1. The van der Waals surface area contributed by atoms with E-state index < -0.39 is 5.91 Å². The molecule has 1 N–H and O–H groups in total. The van der Waals surface area contributed by atoms with E-state index in [4.69, 9.17) is 14.2 Å². The van der Waals surface area contributed by atoms with Gasteiger partial charge in [-0.2, -0.15) is 5.26 Å². The van der Waals surface area contributed by atoms with Gasteiger partial charge in [-0.1, -0.05) is 6.92 Å². The summed E-state index contributed by atoms with van der Waals surface area (Å²) in [5.41, 5.74) is 1.24. The van der Waals surface area contributed by atoms with Crippen molar-refractivity contribution >= 4 is 40.3 Å². The first kappa shape index (κ1) is 22.6. The molecule has 0 saturated heterocycles. The largest absolute Gasteiger partial charge is 0.494 e. The second kappa shape index (κ2) is 11.3. The molecule has 0 fully saturated rings. The Labute approximate surface area is 184 Å². The number of hydrogen-bond acceptors (Lipinski definition) is 5. The lowest BCUT2D eigenvalue weighted by Gasteiger charge is -2.13. The summed E-state index contributed by atoms with van der Waals surface area (Å²) >= 11 is 2.15. The molecule has 0 aliphatic carbocycles. The fourth-order valence-corrected chi connectivity index (χ4v) is 3.26. The molecule has 0 aromatic heterocycles. The van der Waals surface area contributed by atoms with Crippen LogP contribution in [0.3, 0.4) is 0 Å². The Morgan fingerprint density at radius 1 is 1.21 bits per heavy atom. The van der Waals surface area contributed by atoms with Gasteiger partial charge < -0.3 is 19.5 Å². The van der Waals surface area contributed by atoms with Crippen LogP contribution in [0.15, 0.2) is 42.0 Å². The van der Waals surface area contributed by atoms with Crippen molar-refractivity contribution in [2.45, 2.75) is 20.3 Å². The van der Waals surface area contributed by atoms with Crippen molar-refractivity contribution in [2.75, 3.05) is 25.6 Å². The molecule has 0 saturated carbocycles. The molecule has 152 valence electrons. The minimum atomic E-state index is -0.489. The summed E-state index contributed by atoms with van der Waals surface area (Å²) in [5, 5.41) is 12.2. The van der Waals surface area contributed by atoms with Crippen LogP contribution in [-0.4, -0.2) is 26.2 Å². The zero-order chi connectivity index (χ0) is 21.2. The standard InChI is InChI=1S/C22H23IN2O4/c1-4-10-29-21-19(23)12-15(13-20(21)27-3)11-16(14-24)22(26)25-17-6-8-18(9-7-17)28-5-2/h6-9,11-13H,4-5,10H2,1-3H3,(H,25,26)/b16-11-. The second-order valence-corrected chi connectivity index (χ2v) is 7.13. The summed E-state index contributed by atoms with van der Waals surface area (Å²) in [6.45, 7) is 5.07. The van der Waals surface area contributed by atoms with Crippen LogP contribution < -0.4 is 19.5 Å². The molecule has 0 spiro atoms. The van der Waals surface area contributed by atoms with E-state index in [-0.39, 0.29) is 5.57 Å². The minimum absolute atomic E-state index is 0.0148. The van der Waals surface area contributed by atoms with Crippen LogP contribution in [0.1, 0.15) is 25.8 Å². The van der Waals surface area contributed by atoms with Crippen LogP contribution in [0.2, 0.25) is 0 Å². The summed E-state index contributed by atoms with van der Waals surface area (Å²) in [7, 11) is 1.56. The number of nitriles is 1. The van der Waals surface area contributed by atoms with Crippen molar-refractivity contribution < 1.29 is 19.0 Å². The third kappa shape index (κ3) is 6.39. The van der Waals surface area contributed by atoms with Gasteiger partial charge in [0.05, 0.1) is 23.9 Å². The zero-order valence-electron chi connectivity index (χ0n) is 16.6. The van der Waals surface area contributed by atoms with E-state index in [1.165, 1.54) is 6.08 Å². The maximum absolute atomic E-state index is 12.5. The van der Waals surface area contributed by atoms with Gasteiger partial charge in [-0.25, -0.2) is 0 Å². The number of amides is 1. The van der Waals surface area contributed by atoms with Crippen molar-refractivity contribution in [3.63, 3.8) is 0 Å². The molecule has 1 amide bonds. The molecule has 2 rings (SSSR count). The minimum Gasteiger partial charge on any atom is -0.494 e. The quantitative estimate of drug-likeness (QED) is 0.293. The summed E-state index contributed by atoms with van der Waals surface area (Å²) < 4.78 is 17.4. The highest BCUT2D eigenvalue weighted by molar-refractivity contribution is 14.1. The molecule has 2 aromatic rings. The van der Waals surface area contributed by atoms with Crippen molar-refractivity contribution in [3.8, 4) is 23.3 Å². The van der Waals surface area contributed by atoms with E-state index in [9.17, 15) is 10.1 Å². The Balaban J connectivity index is 2.22. The predicted molar refractivity (Wildman–Crippen MR) is 121 cm³/mol. The number of nitrogens with one attached hydrogen (secondary N) is 1. The van der Waals surface area contributed by atoms with Gasteiger partial charge in [0.1, 0.15) is 17.4 Å². The Hall–Kier alpha value is -2.73. The van der Waals surface area contributed by atoms with E-state index in [1.807, 2.05) is 26.0 Å². The van der Waals surface area contributed by atoms with Crippen molar-refractivity contribution in [1.29, 1.82) is 5.26 Å². The molecule has 0 heterocycles. The number of rotatable bonds is 9. The molecule has 29 heavy (non-hydrogen) atoms. The lowest BCUT2D eigenvalue weighted by Crippen LogP contribution is -2.13. The third-order valence-electron chi connectivity index (χ3n) is 3.80. The number of carbonyl (C=O) groups excluding carboxylic acids is 1. The van der Waals surface area contributed by atoms with E-state index in [2.05, 4.69) is 27.9 Å². The molecule has 0 atom stereocenters.